The summed E-state index contributed by atoms with van der Waals surface area (Å²) < 4.78 is 26.0. The Morgan fingerprint density at radius 2 is 1.60 bits per heavy atom. The molecule has 0 saturated carbocycles. The zero-order valence-electron chi connectivity index (χ0n) is 19.8. The van der Waals surface area contributed by atoms with Crippen LogP contribution in [0, 0.1) is 0 Å². The van der Waals surface area contributed by atoms with E-state index >= 15 is 0 Å². The van der Waals surface area contributed by atoms with Gasteiger partial charge in [0.15, 0.2) is 0 Å². The summed E-state index contributed by atoms with van der Waals surface area (Å²) in [5.41, 5.74) is 2.97. The van der Waals surface area contributed by atoms with Crippen LogP contribution in [-0.4, -0.2) is 74.9 Å². The number of hydrogen-bond donors (Lipinski definition) is 3. The standard InChI is InChI=1S/C26H33N3O5S/c30-23(28-12-10-26(11-13-28)22-9-5-4-8-21(22)19-34-26)18-27-24(20-6-2-1-3-7-20)25(31)29-14-16-35(32,33)17-15-29/h1-9,24,27,32-33H,10-19H2/t24-/m1/s1. The topological polar surface area (TPSA) is 102 Å². The molecule has 1 atom stereocenters. The molecule has 2 saturated heterocycles. The van der Waals surface area contributed by atoms with E-state index in [1.54, 1.807) is 4.90 Å². The molecule has 3 N–H and O–H groups in total. The van der Waals surface area contributed by atoms with Gasteiger partial charge in [0.2, 0.25) is 11.8 Å². The van der Waals surface area contributed by atoms with Crippen LogP contribution in [0.3, 0.4) is 0 Å². The summed E-state index contributed by atoms with van der Waals surface area (Å²) in [5, 5.41) is 3.20. The molecule has 8 nitrogen and oxygen atoms in total. The molecule has 35 heavy (non-hydrogen) atoms. The highest BCUT2D eigenvalue weighted by Gasteiger charge is 2.43. The molecule has 2 fully saturated rings. The van der Waals surface area contributed by atoms with Crippen molar-refractivity contribution in [2.75, 3.05) is 44.2 Å². The lowest BCUT2D eigenvalue weighted by atomic mass is 9.84. The van der Waals surface area contributed by atoms with Crippen molar-refractivity contribution in [2.45, 2.75) is 31.1 Å². The Balaban J connectivity index is 1.21. The molecule has 0 bridgehead atoms. The van der Waals surface area contributed by atoms with Gasteiger partial charge in [-0.25, -0.2) is 0 Å². The van der Waals surface area contributed by atoms with Crippen LogP contribution >= 0.6 is 10.6 Å². The van der Waals surface area contributed by atoms with Gasteiger partial charge < -0.3 is 14.5 Å². The van der Waals surface area contributed by atoms with Gasteiger partial charge in [-0.15, -0.1) is 0 Å². The van der Waals surface area contributed by atoms with Crippen molar-refractivity contribution in [1.29, 1.82) is 0 Å². The van der Waals surface area contributed by atoms with Crippen LogP contribution in [0.2, 0.25) is 0 Å². The van der Waals surface area contributed by atoms with E-state index < -0.39 is 16.6 Å². The molecule has 3 heterocycles. The van der Waals surface area contributed by atoms with Crippen molar-refractivity contribution in [3.63, 3.8) is 0 Å². The Hall–Kier alpha value is -2.43. The number of benzene rings is 2. The molecule has 2 amide bonds. The number of carbonyl (C=O) groups excluding carboxylic acids is 2. The number of amides is 2. The van der Waals surface area contributed by atoms with Gasteiger partial charge in [-0.3, -0.25) is 24.0 Å². The summed E-state index contributed by atoms with van der Waals surface area (Å²) in [7, 11) is -2.59. The quantitative estimate of drug-likeness (QED) is 0.585. The largest absolute Gasteiger partial charge is 0.365 e. The second-order valence-electron chi connectivity index (χ2n) is 9.58. The maximum absolute atomic E-state index is 13.4. The molecule has 0 aliphatic carbocycles. The van der Waals surface area contributed by atoms with E-state index in [0.29, 0.717) is 32.8 Å². The van der Waals surface area contributed by atoms with Gasteiger partial charge in [0.05, 0.1) is 30.3 Å². The second-order valence-corrected chi connectivity index (χ2v) is 12.0. The Bertz CT molecular complexity index is 1060. The average molecular weight is 500 g/mol. The number of fused-ring (bicyclic) bond motifs is 2. The van der Waals surface area contributed by atoms with Crippen molar-refractivity contribution >= 4 is 22.4 Å². The Kier molecular flexibility index (Phi) is 6.87. The fourth-order valence-corrected chi connectivity index (χ4v) is 6.57. The number of carbonyl (C=O) groups is 2. The molecule has 188 valence electrons. The van der Waals surface area contributed by atoms with Gasteiger partial charge in [0.1, 0.15) is 6.04 Å². The zero-order chi connectivity index (χ0) is 24.5. The van der Waals surface area contributed by atoms with Crippen LogP contribution in [0.4, 0.5) is 0 Å². The van der Waals surface area contributed by atoms with Crippen LogP contribution in [0.25, 0.3) is 0 Å². The van der Waals surface area contributed by atoms with Crippen LogP contribution in [0.15, 0.2) is 54.6 Å². The molecule has 0 radical (unpaired) electrons. The number of nitrogens with one attached hydrogen (secondary N) is 1. The van der Waals surface area contributed by atoms with Gasteiger partial charge in [0, 0.05) is 26.2 Å². The van der Waals surface area contributed by atoms with Gasteiger partial charge in [0.25, 0.3) is 0 Å². The summed E-state index contributed by atoms with van der Waals surface area (Å²) in [5.74, 6) is 0.208. The van der Waals surface area contributed by atoms with E-state index in [0.717, 1.165) is 18.4 Å². The van der Waals surface area contributed by atoms with Gasteiger partial charge in [-0.2, -0.15) is 10.6 Å². The van der Waals surface area contributed by atoms with Crippen molar-refractivity contribution in [3.05, 3.63) is 71.3 Å². The number of hydrogen-bond acceptors (Lipinski definition) is 6. The third-order valence-electron chi connectivity index (χ3n) is 7.46. The first-order valence-corrected chi connectivity index (χ1v) is 14.1. The van der Waals surface area contributed by atoms with Crippen molar-refractivity contribution in [3.8, 4) is 0 Å². The molecule has 0 unspecified atom stereocenters. The minimum atomic E-state index is -2.59. The summed E-state index contributed by atoms with van der Waals surface area (Å²) in [6.07, 6.45) is 1.52. The Morgan fingerprint density at radius 3 is 2.31 bits per heavy atom. The minimum Gasteiger partial charge on any atom is -0.365 e. The third-order valence-corrected chi connectivity index (χ3v) is 9.13. The summed E-state index contributed by atoms with van der Waals surface area (Å²) in [6, 6.07) is 17.0. The third kappa shape index (κ3) is 5.10. The van der Waals surface area contributed by atoms with E-state index in [-0.39, 0.29) is 35.5 Å². The molecule has 9 heteroatoms. The highest BCUT2D eigenvalue weighted by molar-refractivity contribution is 8.24. The number of rotatable bonds is 5. The normalized spacial score (nSPS) is 22.5. The van der Waals surface area contributed by atoms with Crippen LogP contribution in [0.1, 0.15) is 35.6 Å². The van der Waals surface area contributed by atoms with Gasteiger partial charge in [-0.1, -0.05) is 54.6 Å². The summed E-state index contributed by atoms with van der Waals surface area (Å²) in [4.78, 5) is 30.0. The Morgan fingerprint density at radius 1 is 0.943 bits per heavy atom. The maximum atomic E-state index is 13.4. The zero-order valence-corrected chi connectivity index (χ0v) is 20.6. The number of ether oxygens (including phenoxy) is 1. The smallest absolute Gasteiger partial charge is 0.244 e. The number of likely N-dealkylation sites (tertiary alicyclic amines) is 1. The second kappa shape index (κ2) is 9.91. The van der Waals surface area contributed by atoms with Crippen molar-refractivity contribution in [1.82, 2.24) is 15.1 Å². The molecule has 5 rings (SSSR count). The number of nitrogens with zero attached hydrogens (tertiary/aromatic N) is 2. The van der Waals surface area contributed by atoms with Gasteiger partial charge in [-0.05, 0) is 29.5 Å². The average Bonchev–Trinajstić information content (AvgIpc) is 3.23. The first-order chi connectivity index (χ1) is 16.9. The molecule has 0 aromatic heterocycles. The Labute approximate surface area is 207 Å². The lowest BCUT2D eigenvalue weighted by molar-refractivity contribution is -0.138. The van der Waals surface area contributed by atoms with Gasteiger partial charge >= 0.3 is 0 Å². The van der Waals surface area contributed by atoms with E-state index in [2.05, 4.69) is 17.4 Å². The minimum absolute atomic E-state index is 0.0346. The van der Waals surface area contributed by atoms with Crippen LogP contribution < -0.4 is 5.32 Å². The fraction of sp³-hybridized carbons (Fsp3) is 0.462. The lowest BCUT2D eigenvalue weighted by Crippen LogP contribution is -2.50. The maximum Gasteiger partial charge on any atom is 0.244 e. The van der Waals surface area contributed by atoms with Crippen molar-refractivity contribution in [2.24, 2.45) is 0 Å². The highest BCUT2D eigenvalue weighted by Crippen LogP contribution is 2.44. The monoisotopic (exact) mass is 499 g/mol. The van der Waals surface area contributed by atoms with E-state index in [1.165, 1.54) is 11.1 Å². The highest BCUT2D eigenvalue weighted by atomic mass is 32.3. The lowest BCUT2D eigenvalue weighted by Gasteiger charge is -2.42. The SMILES string of the molecule is O=C(CN[C@@H](C(=O)N1CCS(O)(O)CC1)c1ccccc1)N1CCC2(CC1)OCc1ccccc12. The van der Waals surface area contributed by atoms with Crippen LogP contribution in [-0.2, 0) is 26.5 Å². The van der Waals surface area contributed by atoms with E-state index in [4.69, 9.17) is 4.74 Å². The molecular formula is C26H33N3O5S. The molecular weight excluding hydrogens is 466 g/mol. The van der Waals surface area contributed by atoms with Crippen LogP contribution in [0.5, 0.6) is 0 Å². The summed E-state index contributed by atoms with van der Waals surface area (Å²) in [6.45, 7) is 2.51. The first-order valence-electron chi connectivity index (χ1n) is 12.2. The number of piperidine rings is 1. The molecule has 2 aromatic carbocycles. The molecule has 1 spiro atoms. The van der Waals surface area contributed by atoms with Crippen molar-refractivity contribution < 1.29 is 23.4 Å². The van der Waals surface area contributed by atoms with E-state index in [9.17, 15) is 18.7 Å². The molecule has 3 aliphatic heterocycles. The fourth-order valence-electron chi connectivity index (χ4n) is 5.34. The summed E-state index contributed by atoms with van der Waals surface area (Å²) >= 11 is 0. The predicted octanol–water partition coefficient (Wildman–Crippen LogP) is 2.96. The van der Waals surface area contributed by atoms with E-state index in [1.807, 2.05) is 47.4 Å². The molecule has 3 aliphatic rings. The predicted molar refractivity (Wildman–Crippen MR) is 135 cm³/mol. The molecule has 2 aromatic rings. The first kappa shape index (κ1) is 24.3.